The number of anilines is 1. The van der Waals surface area contributed by atoms with E-state index < -0.39 is 0 Å². The van der Waals surface area contributed by atoms with E-state index >= 15 is 0 Å². The van der Waals surface area contributed by atoms with E-state index in [9.17, 15) is 4.79 Å². The number of para-hydroxylation sites is 1. The molecule has 0 heterocycles. The predicted molar refractivity (Wildman–Crippen MR) is 69.0 cm³/mol. The maximum atomic E-state index is 11.6. The molecule has 0 fully saturated rings. The highest BCUT2D eigenvalue weighted by Crippen LogP contribution is 2.15. The second-order valence-electron chi connectivity index (χ2n) is 3.85. The highest BCUT2D eigenvalue weighted by Gasteiger charge is 2.07. The first-order chi connectivity index (χ1) is 8.19. The normalized spacial score (nSPS) is 10.1. The molecule has 4 heteroatoms. The summed E-state index contributed by atoms with van der Waals surface area (Å²) in [6, 6.07) is 7.84. The average molecular weight is 236 g/mol. The Balaban J connectivity index is 2.59. The van der Waals surface area contributed by atoms with Crippen LogP contribution in [0.5, 0.6) is 0 Å². The van der Waals surface area contributed by atoms with Crippen LogP contribution in [-0.2, 0) is 16.1 Å². The standard InChI is InChI=1S/C13H20N2O2/c1-4-15(2)13(16)9-14-12-8-6-5-7-11(12)10-17-3/h5-8,14H,4,9-10H2,1-3H3. The fraction of sp³-hybridized carbons (Fsp3) is 0.462. The molecule has 94 valence electrons. The molecular formula is C13H20N2O2. The fourth-order valence-corrected chi connectivity index (χ4v) is 1.46. The minimum absolute atomic E-state index is 0.0831. The van der Waals surface area contributed by atoms with Crippen molar-refractivity contribution in [3.8, 4) is 0 Å². The Morgan fingerprint density at radius 1 is 1.41 bits per heavy atom. The van der Waals surface area contributed by atoms with Gasteiger partial charge in [0.05, 0.1) is 13.2 Å². The third-order valence-electron chi connectivity index (χ3n) is 2.65. The van der Waals surface area contributed by atoms with Crippen molar-refractivity contribution in [2.45, 2.75) is 13.5 Å². The van der Waals surface area contributed by atoms with E-state index in [-0.39, 0.29) is 5.91 Å². The van der Waals surface area contributed by atoms with Gasteiger partial charge in [0.25, 0.3) is 0 Å². The number of rotatable bonds is 6. The van der Waals surface area contributed by atoms with E-state index in [0.29, 0.717) is 13.2 Å². The van der Waals surface area contributed by atoms with E-state index in [0.717, 1.165) is 17.8 Å². The largest absolute Gasteiger partial charge is 0.380 e. The van der Waals surface area contributed by atoms with Gasteiger partial charge >= 0.3 is 0 Å². The highest BCUT2D eigenvalue weighted by atomic mass is 16.5. The molecule has 4 nitrogen and oxygen atoms in total. The second-order valence-corrected chi connectivity index (χ2v) is 3.85. The van der Waals surface area contributed by atoms with Crippen LogP contribution >= 0.6 is 0 Å². The number of amides is 1. The zero-order valence-electron chi connectivity index (χ0n) is 10.7. The minimum Gasteiger partial charge on any atom is -0.380 e. The van der Waals surface area contributed by atoms with E-state index in [4.69, 9.17) is 4.74 Å². The number of carbonyl (C=O) groups excluding carboxylic acids is 1. The van der Waals surface area contributed by atoms with Crippen LogP contribution < -0.4 is 5.32 Å². The van der Waals surface area contributed by atoms with Crippen LogP contribution in [0.1, 0.15) is 12.5 Å². The molecule has 0 aromatic heterocycles. The summed E-state index contributed by atoms with van der Waals surface area (Å²) in [7, 11) is 3.46. The number of methoxy groups -OCH3 is 1. The van der Waals surface area contributed by atoms with Crippen molar-refractivity contribution in [1.82, 2.24) is 4.90 Å². The maximum absolute atomic E-state index is 11.6. The highest BCUT2D eigenvalue weighted by molar-refractivity contribution is 5.80. The average Bonchev–Trinajstić information content (AvgIpc) is 2.36. The molecule has 0 saturated heterocycles. The van der Waals surface area contributed by atoms with Gasteiger partial charge in [0.15, 0.2) is 0 Å². The lowest BCUT2D eigenvalue weighted by atomic mass is 10.2. The molecule has 1 N–H and O–H groups in total. The van der Waals surface area contributed by atoms with Crippen molar-refractivity contribution in [2.75, 3.05) is 32.6 Å². The van der Waals surface area contributed by atoms with Gasteiger partial charge in [-0.1, -0.05) is 18.2 Å². The SMILES string of the molecule is CCN(C)C(=O)CNc1ccccc1COC. The van der Waals surface area contributed by atoms with E-state index in [1.54, 1.807) is 19.1 Å². The van der Waals surface area contributed by atoms with Crippen LogP contribution in [0.3, 0.4) is 0 Å². The number of hydrogen-bond acceptors (Lipinski definition) is 3. The zero-order valence-corrected chi connectivity index (χ0v) is 10.7. The van der Waals surface area contributed by atoms with Crippen molar-refractivity contribution in [3.63, 3.8) is 0 Å². The molecule has 1 rings (SSSR count). The Morgan fingerprint density at radius 2 is 2.12 bits per heavy atom. The molecular weight excluding hydrogens is 216 g/mol. The van der Waals surface area contributed by atoms with Crippen LogP contribution in [0.4, 0.5) is 5.69 Å². The number of nitrogens with one attached hydrogen (secondary N) is 1. The smallest absolute Gasteiger partial charge is 0.241 e. The number of ether oxygens (including phenoxy) is 1. The summed E-state index contributed by atoms with van der Waals surface area (Å²) < 4.78 is 5.11. The Bertz CT molecular complexity index is 366. The van der Waals surface area contributed by atoms with Crippen LogP contribution in [0.25, 0.3) is 0 Å². The zero-order chi connectivity index (χ0) is 12.7. The summed E-state index contributed by atoms with van der Waals surface area (Å²) in [5.41, 5.74) is 2.01. The molecule has 0 aliphatic rings. The van der Waals surface area contributed by atoms with Crippen LogP contribution in [0.15, 0.2) is 24.3 Å². The van der Waals surface area contributed by atoms with Crippen LogP contribution in [0.2, 0.25) is 0 Å². The minimum atomic E-state index is 0.0831. The lowest BCUT2D eigenvalue weighted by Gasteiger charge is -2.16. The van der Waals surface area contributed by atoms with Crippen molar-refractivity contribution >= 4 is 11.6 Å². The topological polar surface area (TPSA) is 41.6 Å². The van der Waals surface area contributed by atoms with Gasteiger partial charge in [-0.15, -0.1) is 0 Å². The Kier molecular flexibility index (Phi) is 5.49. The van der Waals surface area contributed by atoms with Gasteiger partial charge in [0.2, 0.25) is 5.91 Å². The number of likely N-dealkylation sites (N-methyl/N-ethyl adjacent to an activating group) is 1. The van der Waals surface area contributed by atoms with E-state index in [1.807, 2.05) is 31.2 Å². The number of hydrogen-bond donors (Lipinski definition) is 1. The lowest BCUT2D eigenvalue weighted by molar-refractivity contribution is -0.127. The summed E-state index contributed by atoms with van der Waals surface area (Å²) in [6.07, 6.45) is 0. The summed E-state index contributed by atoms with van der Waals surface area (Å²) >= 11 is 0. The molecule has 17 heavy (non-hydrogen) atoms. The van der Waals surface area contributed by atoms with Crippen molar-refractivity contribution in [1.29, 1.82) is 0 Å². The molecule has 0 saturated carbocycles. The van der Waals surface area contributed by atoms with Gasteiger partial charge in [-0.3, -0.25) is 4.79 Å². The van der Waals surface area contributed by atoms with E-state index in [1.165, 1.54) is 0 Å². The monoisotopic (exact) mass is 236 g/mol. The molecule has 0 spiro atoms. The molecule has 0 radical (unpaired) electrons. The van der Waals surface area contributed by atoms with Crippen molar-refractivity contribution in [3.05, 3.63) is 29.8 Å². The molecule has 1 aromatic carbocycles. The maximum Gasteiger partial charge on any atom is 0.241 e. The van der Waals surface area contributed by atoms with Gasteiger partial charge in [-0.25, -0.2) is 0 Å². The number of benzene rings is 1. The van der Waals surface area contributed by atoms with Gasteiger partial charge in [-0.2, -0.15) is 0 Å². The molecule has 0 unspecified atom stereocenters. The van der Waals surface area contributed by atoms with Gasteiger partial charge in [-0.05, 0) is 13.0 Å². The second kappa shape index (κ2) is 6.91. The Labute approximate surface area is 103 Å². The van der Waals surface area contributed by atoms with Crippen LogP contribution in [0, 0.1) is 0 Å². The van der Waals surface area contributed by atoms with Gasteiger partial charge in [0, 0.05) is 32.0 Å². The molecule has 0 aliphatic carbocycles. The first-order valence-corrected chi connectivity index (χ1v) is 5.73. The summed E-state index contributed by atoms with van der Waals surface area (Å²) in [4.78, 5) is 13.3. The first-order valence-electron chi connectivity index (χ1n) is 5.73. The van der Waals surface area contributed by atoms with Gasteiger partial charge < -0.3 is 15.0 Å². The summed E-state index contributed by atoms with van der Waals surface area (Å²) in [6.45, 7) is 3.53. The Morgan fingerprint density at radius 3 is 2.76 bits per heavy atom. The third kappa shape index (κ3) is 4.07. The molecule has 0 bridgehead atoms. The molecule has 0 aliphatic heterocycles. The van der Waals surface area contributed by atoms with Crippen molar-refractivity contribution in [2.24, 2.45) is 0 Å². The lowest BCUT2D eigenvalue weighted by Crippen LogP contribution is -2.32. The predicted octanol–water partition coefficient (Wildman–Crippen LogP) is 1.72. The van der Waals surface area contributed by atoms with Gasteiger partial charge in [0.1, 0.15) is 0 Å². The first kappa shape index (κ1) is 13.5. The molecule has 1 amide bonds. The summed E-state index contributed by atoms with van der Waals surface area (Å²) in [5, 5.41) is 3.14. The molecule has 1 aromatic rings. The Hall–Kier alpha value is -1.55. The van der Waals surface area contributed by atoms with Crippen molar-refractivity contribution < 1.29 is 9.53 Å². The fourth-order valence-electron chi connectivity index (χ4n) is 1.46. The quantitative estimate of drug-likeness (QED) is 0.817. The summed E-state index contributed by atoms with van der Waals surface area (Å²) in [5.74, 6) is 0.0831. The number of nitrogens with zero attached hydrogens (tertiary/aromatic N) is 1. The third-order valence-corrected chi connectivity index (χ3v) is 2.65. The van der Waals surface area contributed by atoms with E-state index in [2.05, 4.69) is 5.32 Å². The molecule has 0 atom stereocenters. The number of carbonyl (C=O) groups is 1. The van der Waals surface area contributed by atoms with Crippen LogP contribution in [-0.4, -0.2) is 38.1 Å².